The van der Waals surface area contributed by atoms with E-state index in [2.05, 4.69) is 0 Å². The molecular formula is C12H9F2NO. The number of hydrogen-bond donors (Lipinski definition) is 2. The number of phenolic OH excluding ortho intramolecular Hbond substituents is 1. The second kappa shape index (κ2) is 3.81. The predicted octanol–water partition coefficient (Wildman–Crippen LogP) is 2.92. The molecule has 0 aliphatic heterocycles. The molecule has 2 nitrogen and oxygen atoms in total. The van der Waals surface area contributed by atoms with E-state index in [0.717, 1.165) is 6.07 Å². The lowest BCUT2D eigenvalue weighted by Crippen LogP contribution is -1.91. The summed E-state index contributed by atoms with van der Waals surface area (Å²) < 4.78 is 26.6. The van der Waals surface area contributed by atoms with Crippen LogP contribution in [0.5, 0.6) is 5.75 Å². The zero-order valence-electron chi connectivity index (χ0n) is 8.24. The van der Waals surface area contributed by atoms with Crippen molar-refractivity contribution in [1.29, 1.82) is 0 Å². The number of halogens is 2. The minimum Gasteiger partial charge on any atom is -0.505 e. The molecule has 0 aliphatic rings. The summed E-state index contributed by atoms with van der Waals surface area (Å²) in [5.74, 6) is -3.00. The molecule has 0 saturated heterocycles. The summed E-state index contributed by atoms with van der Waals surface area (Å²) in [7, 11) is 0. The summed E-state index contributed by atoms with van der Waals surface area (Å²) in [6.45, 7) is 0. The topological polar surface area (TPSA) is 46.2 Å². The van der Waals surface area contributed by atoms with Crippen LogP contribution in [0.4, 0.5) is 14.5 Å². The molecule has 2 aromatic carbocycles. The highest BCUT2D eigenvalue weighted by molar-refractivity contribution is 5.67. The van der Waals surface area contributed by atoms with Gasteiger partial charge in [-0.2, -0.15) is 4.39 Å². The standard InChI is InChI=1S/C12H9F2NO/c13-11-9(5-6-10(16)12(11)14)7-1-3-8(15)4-2-7/h1-6,16H,15H2. The van der Waals surface area contributed by atoms with E-state index in [0.29, 0.717) is 11.3 Å². The van der Waals surface area contributed by atoms with E-state index in [1.807, 2.05) is 0 Å². The van der Waals surface area contributed by atoms with E-state index in [4.69, 9.17) is 10.8 Å². The fourth-order valence-electron chi connectivity index (χ4n) is 1.42. The van der Waals surface area contributed by atoms with Gasteiger partial charge in [0, 0.05) is 11.3 Å². The molecule has 0 heterocycles. The zero-order chi connectivity index (χ0) is 11.7. The van der Waals surface area contributed by atoms with Crippen molar-refractivity contribution in [3.8, 4) is 16.9 Å². The number of anilines is 1. The van der Waals surface area contributed by atoms with Crippen molar-refractivity contribution in [2.24, 2.45) is 0 Å². The van der Waals surface area contributed by atoms with Crippen LogP contribution in [0.3, 0.4) is 0 Å². The van der Waals surface area contributed by atoms with E-state index in [9.17, 15) is 8.78 Å². The number of rotatable bonds is 1. The zero-order valence-corrected chi connectivity index (χ0v) is 8.24. The average Bonchev–Trinajstić information content (AvgIpc) is 2.28. The number of benzene rings is 2. The van der Waals surface area contributed by atoms with E-state index >= 15 is 0 Å². The Hall–Kier alpha value is -2.10. The third-order valence-electron chi connectivity index (χ3n) is 2.28. The molecule has 0 atom stereocenters. The Labute approximate surface area is 91.0 Å². The molecule has 2 aromatic rings. The number of nitrogen functional groups attached to an aromatic ring is 1. The fourth-order valence-corrected chi connectivity index (χ4v) is 1.42. The van der Waals surface area contributed by atoms with Crippen molar-refractivity contribution in [3.05, 3.63) is 48.0 Å². The van der Waals surface area contributed by atoms with Gasteiger partial charge < -0.3 is 10.8 Å². The van der Waals surface area contributed by atoms with Crippen LogP contribution in [-0.2, 0) is 0 Å². The molecule has 2 rings (SSSR count). The Morgan fingerprint density at radius 2 is 1.50 bits per heavy atom. The minimum absolute atomic E-state index is 0.0929. The largest absolute Gasteiger partial charge is 0.505 e. The summed E-state index contributed by atoms with van der Waals surface area (Å²) in [5, 5.41) is 8.98. The van der Waals surface area contributed by atoms with Crippen molar-refractivity contribution in [1.82, 2.24) is 0 Å². The van der Waals surface area contributed by atoms with E-state index < -0.39 is 17.4 Å². The Balaban J connectivity index is 2.57. The highest BCUT2D eigenvalue weighted by Gasteiger charge is 2.13. The smallest absolute Gasteiger partial charge is 0.200 e. The quantitative estimate of drug-likeness (QED) is 0.727. The highest BCUT2D eigenvalue weighted by Crippen LogP contribution is 2.29. The monoisotopic (exact) mass is 221 g/mol. The average molecular weight is 221 g/mol. The molecule has 0 amide bonds. The molecule has 0 saturated carbocycles. The van der Waals surface area contributed by atoms with Crippen LogP contribution >= 0.6 is 0 Å². The lowest BCUT2D eigenvalue weighted by atomic mass is 10.0. The molecule has 4 heteroatoms. The minimum atomic E-state index is -1.24. The first-order valence-electron chi connectivity index (χ1n) is 4.62. The number of hydrogen-bond acceptors (Lipinski definition) is 2. The molecule has 0 aliphatic carbocycles. The SMILES string of the molecule is Nc1ccc(-c2ccc(O)c(F)c2F)cc1. The van der Waals surface area contributed by atoms with E-state index in [-0.39, 0.29) is 5.56 Å². The van der Waals surface area contributed by atoms with Gasteiger partial charge >= 0.3 is 0 Å². The second-order valence-corrected chi connectivity index (χ2v) is 3.38. The van der Waals surface area contributed by atoms with Crippen LogP contribution < -0.4 is 5.73 Å². The van der Waals surface area contributed by atoms with Crippen molar-refractivity contribution in [2.75, 3.05) is 5.73 Å². The van der Waals surface area contributed by atoms with Gasteiger partial charge in [-0.1, -0.05) is 12.1 Å². The van der Waals surface area contributed by atoms with Crippen LogP contribution in [0.1, 0.15) is 0 Å². The summed E-state index contributed by atoms with van der Waals surface area (Å²) in [5.41, 5.74) is 6.63. The summed E-state index contributed by atoms with van der Waals surface area (Å²) in [4.78, 5) is 0. The van der Waals surface area contributed by atoms with Gasteiger partial charge in [0.05, 0.1) is 0 Å². The summed E-state index contributed by atoms with van der Waals surface area (Å²) >= 11 is 0. The Kier molecular flexibility index (Phi) is 2.48. The van der Waals surface area contributed by atoms with Crippen molar-refractivity contribution in [3.63, 3.8) is 0 Å². The summed E-state index contributed by atoms with van der Waals surface area (Å²) in [6.07, 6.45) is 0. The first-order valence-corrected chi connectivity index (χ1v) is 4.62. The van der Waals surface area contributed by atoms with Gasteiger partial charge in [-0.3, -0.25) is 0 Å². The van der Waals surface area contributed by atoms with Crippen molar-refractivity contribution in [2.45, 2.75) is 0 Å². The Morgan fingerprint density at radius 3 is 2.12 bits per heavy atom. The first-order chi connectivity index (χ1) is 7.59. The van der Waals surface area contributed by atoms with Crippen LogP contribution in [0.2, 0.25) is 0 Å². The van der Waals surface area contributed by atoms with Gasteiger partial charge in [-0.15, -0.1) is 0 Å². The molecule has 0 fully saturated rings. The third kappa shape index (κ3) is 1.69. The van der Waals surface area contributed by atoms with Gasteiger partial charge in [-0.25, -0.2) is 4.39 Å². The lowest BCUT2D eigenvalue weighted by Gasteiger charge is -2.05. The van der Waals surface area contributed by atoms with Gasteiger partial charge in [0.1, 0.15) is 0 Å². The number of aromatic hydroxyl groups is 1. The maximum absolute atomic E-state index is 13.5. The predicted molar refractivity (Wildman–Crippen MR) is 57.9 cm³/mol. The molecule has 0 unspecified atom stereocenters. The maximum atomic E-state index is 13.5. The van der Waals surface area contributed by atoms with Crippen LogP contribution in [0, 0.1) is 11.6 Å². The molecule has 0 bridgehead atoms. The van der Waals surface area contributed by atoms with Crippen molar-refractivity contribution >= 4 is 5.69 Å². The van der Waals surface area contributed by atoms with Crippen LogP contribution in [0.15, 0.2) is 36.4 Å². The van der Waals surface area contributed by atoms with Crippen LogP contribution in [-0.4, -0.2) is 5.11 Å². The van der Waals surface area contributed by atoms with Crippen molar-refractivity contribution < 1.29 is 13.9 Å². The number of phenols is 1. The van der Waals surface area contributed by atoms with Gasteiger partial charge in [0.15, 0.2) is 11.6 Å². The second-order valence-electron chi connectivity index (χ2n) is 3.38. The lowest BCUT2D eigenvalue weighted by molar-refractivity contribution is 0.408. The van der Waals surface area contributed by atoms with Crippen LogP contribution in [0.25, 0.3) is 11.1 Å². The highest BCUT2D eigenvalue weighted by atomic mass is 19.2. The van der Waals surface area contributed by atoms with E-state index in [1.54, 1.807) is 24.3 Å². The molecule has 0 spiro atoms. The molecule has 82 valence electrons. The fraction of sp³-hybridized carbons (Fsp3) is 0. The third-order valence-corrected chi connectivity index (χ3v) is 2.28. The molecular weight excluding hydrogens is 212 g/mol. The Bertz CT molecular complexity index is 523. The Morgan fingerprint density at radius 1 is 0.875 bits per heavy atom. The first kappa shape index (κ1) is 10.4. The summed E-state index contributed by atoms with van der Waals surface area (Å²) in [6, 6.07) is 8.80. The van der Waals surface area contributed by atoms with Gasteiger partial charge in [-0.05, 0) is 29.8 Å². The number of nitrogens with two attached hydrogens (primary N) is 1. The normalized spacial score (nSPS) is 10.4. The van der Waals surface area contributed by atoms with Gasteiger partial charge in [0.25, 0.3) is 0 Å². The molecule has 3 N–H and O–H groups in total. The molecule has 0 aromatic heterocycles. The molecule has 0 radical (unpaired) electrons. The molecule has 16 heavy (non-hydrogen) atoms. The van der Waals surface area contributed by atoms with Gasteiger partial charge in [0.2, 0.25) is 5.82 Å². The maximum Gasteiger partial charge on any atom is 0.200 e. The van der Waals surface area contributed by atoms with E-state index in [1.165, 1.54) is 6.07 Å².